The lowest BCUT2D eigenvalue weighted by molar-refractivity contribution is -0.117. The fourth-order valence-corrected chi connectivity index (χ4v) is 3.86. The average Bonchev–Trinajstić information content (AvgIpc) is 2.95. The topological polar surface area (TPSA) is 58.6 Å². The SMILES string of the molecule is CCCCOc1ccc(C(=O)N2CC(=O)Nc3ccc(F)cc3C2c2ccccc2)cc1. The Kier molecular flexibility index (Phi) is 6.50. The third kappa shape index (κ3) is 4.64. The van der Waals surface area contributed by atoms with Gasteiger partial charge in [-0.05, 0) is 54.4 Å². The third-order valence-corrected chi connectivity index (χ3v) is 5.45. The first-order valence-corrected chi connectivity index (χ1v) is 10.7. The molecule has 1 heterocycles. The van der Waals surface area contributed by atoms with Gasteiger partial charge < -0.3 is 15.0 Å². The lowest BCUT2D eigenvalue weighted by Gasteiger charge is -2.30. The highest BCUT2D eigenvalue weighted by atomic mass is 19.1. The van der Waals surface area contributed by atoms with Gasteiger partial charge in [0.05, 0.1) is 12.6 Å². The molecule has 3 aromatic rings. The van der Waals surface area contributed by atoms with Crippen molar-refractivity contribution in [2.24, 2.45) is 0 Å². The fourth-order valence-electron chi connectivity index (χ4n) is 3.86. The summed E-state index contributed by atoms with van der Waals surface area (Å²) in [5.41, 5.74) is 2.26. The van der Waals surface area contributed by atoms with Crippen LogP contribution in [0.15, 0.2) is 72.8 Å². The zero-order chi connectivity index (χ0) is 22.5. The zero-order valence-corrected chi connectivity index (χ0v) is 17.9. The van der Waals surface area contributed by atoms with Crippen molar-refractivity contribution >= 4 is 17.5 Å². The number of nitrogens with zero attached hydrogens (tertiary/aromatic N) is 1. The maximum atomic E-state index is 14.2. The molecule has 0 aromatic heterocycles. The van der Waals surface area contributed by atoms with Crippen LogP contribution in [0.2, 0.25) is 0 Å². The predicted molar refractivity (Wildman–Crippen MR) is 121 cm³/mol. The summed E-state index contributed by atoms with van der Waals surface area (Å²) >= 11 is 0. The smallest absolute Gasteiger partial charge is 0.255 e. The maximum absolute atomic E-state index is 14.2. The van der Waals surface area contributed by atoms with E-state index in [1.165, 1.54) is 23.1 Å². The van der Waals surface area contributed by atoms with E-state index in [1.807, 2.05) is 30.3 Å². The Labute approximate surface area is 186 Å². The maximum Gasteiger partial charge on any atom is 0.255 e. The first-order valence-electron chi connectivity index (χ1n) is 10.7. The monoisotopic (exact) mass is 432 g/mol. The highest BCUT2D eigenvalue weighted by Gasteiger charge is 2.34. The second kappa shape index (κ2) is 9.64. The van der Waals surface area contributed by atoms with Crippen molar-refractivity contribution < 1.29 is 18.7 Å². The van der Waals surface area contributed by atoms with Crippen LogP contribution in [-0.2, 0) is 4.79 Å². The molecule has 2 amide bonds. The summed E-state index contributed by atoms with van der Waals surface area (Å²) in [6.45, 7) is 2.56. The van der Waals surface area contributed by atoms with E-state index < -0.39 is 11.9 Å². The van der Waals surface area contributed by atoms with E-state index in [1.54, 1.807) is 24.3 Å². The Balaban J connectivity index is 1.72. The van der Waals surface area contributed by atoms with Gasteiger partial charge in [0, 0.05) is 16.8 Å². The number of benzene rings is 3. The number of fused-ring (bicyclic) bond motifs is 1. The minimum Gasteiger partial charge on any atom is -0.494 e. The van der Waals surface area contributed by atoms with E-state index in [0.29, 0.717) is 29.2 Å². The standard InChI is InChI=1S/C26H25FN2O3/c1-2-3-15-32-21-12-9-19(10-13-21)26(31)29-17-24(30)28-23-14-11-20(27)16-22(23)25(29)18-7-5-4-6-8-18/h4-14,16,25H,2-3,15,17H2,1H3,(H,28,30). The first kappa shape index (κ1) is 21.6. The second-order valence-corrected chi connectivity index (χ2v) is 7.75. The van der Waals surface area contributed by atoms with Crippen LogP contribution < -0.4 is 10.1 Å². The molecule has 0 aliphatic carbocycles. The highest BCUT2D eigenvalue weighted by molar-refractivity contribution is 6.01. The molecule has 5 nitrogen and oxygen atoms in total. The number of carbonyl (C=O) groups excluding carboxylic acids is 2. The van der Waals surface area contributed by atoms with Gasteiger partial charge >= 0.3 is 0 Å². The van der Waals surface area contributed by atoms with Gasteiger partial charge in [-0.15, -0.1) is 0 Å². The molecule has 0 radical (unpaired) electrons. The van der Waals surface area contributed by atoms with Crippen LogP contribution in [0.3, 0.4) is 0 Å². The average molecular weight is 432 g/mol. The molecule has 0 spiro atoms. The molecule has 3 aromatic carbocycles. The van der Waals surface area contributed by atoms with Crippen LogP contribution in [0.1, 0.15) is 47.3 Å². The van der Waals surface area contributed by atoms with Gasteiger partial charge in [0.25, 0.3) is 5.91 Å². The molecular weight excluding hydrogens is 407 g/mol. The van der Waals surface area contributed by atoms with Crippen molar-refractivity contribution in [2.75, 3.05) is 18.5 Å². The molecular formula is C26H25FN2O3. The molecule has 6 heteroatoms. The van der Waals surface area contributed by atoms with Crippen molar-refractivity contribution in [3.05, 3.63) is 95.3 Å². The predicted octanol–water partition coefficient (Wildman–Crippen LogP) is 5.19. The van der Waals surface area contributed by atoms with Gasteiger partial charge in [-0.1, -0.05) is 43.7 Å². The first-order chi connectivity index (χ1) is 15.6. The van der Waals surface area contributed by atoms with E-state index in [0.717, 1.165) is 18.4 Å². The zero-order valence-electron chi connectivity index (χ0n) is 17.9. The van der Waals surface area contributed by atoms with E-state index in [9.17, 15) is 14.0 Å². The summed E-state index contributed by atoms with van der Waals surface area (Å²) in [5, 5.41) is 2.80. The Morgan fingerprint density at radius 2 is 1.84 bits per heavy atom. The lowest BCUT2D eigenvalue weighted by atomic mass is 9.95. The van der Waals surface area contributed by atoms with Crippen molar-refractivity contribution in [3.63, 3.8) is 0 Å². The molecule has 1 aliphatic heterocycles. The summed E-state index contributed by atoms with van der Waals surface area (Å²) in [5.74, 6) is -0.382. The lowest BCUT2D eigenvalue weighted by Crippen LogP contribution is -2.39. The number of anilines is 1. The molecule has 1 unspecified atom stereocenters. The normalized spacial score (nSPS) is 15.5. The molecule has 4 rings (SSSR count). The number of amides is 2. The summed E-state index contributed by atoms with van der Waals surface area (Å²) in [6, 6.07) is 19.8. The van der Waals surface area contributed by atoms with Crippen LogP contribution in [0, 0.1) is 5.82 Å². The van der Waals surface area contributed by atoms with Crippen LogP contribution >= 0.6 is 0 Å². The molecule has 1 atom stereocenters. The number of unbranched alkanes of at least 4 members (excludes halogenated alkanes) is 1. The summed E-state index contributed by atoms with van der Waals surface area (Å²) in [4.78, 5) is 27.7. The number of hydrogen-bond acceptors (Lipinski definition) is 3. The molecule has 0 saturated carbocycles. The molecule has 0 fully saturated rings. The van der Waals surface area contributed by atoms with E-state index >= 15 is 0 Å². The Morgan fingerprint density at radius 3 is 2.56 bits per heavy atom. The van der Waals surface area contributed by atoms with Gasteiger partial charge in [0.1, 0.15) is 18.1 Å². The molecule has 164 valence electrons. The highest BCUT2D eigenvalue weighted by Crippen LogP contribution is 2.37. The van der Waals surface area contributed by atoms with Gasteiger partial charge in [0.15, 0.2) is 0 Å². The van der Waals surface area contributed by atoms with Crippen LogP contribution in [-0.4, -0.2) is 29.9 Å². The van der Waals surface area contributed by atoms with Crippen molar-refractivity contribution in [1.82, 2.24) is 4.90 Å². The van der Waals surface area contributed by atoms with Gasteiger partial charge in [-0.25, -0.2) is 4.39 Å². The number of hydrogen-bond donors (Lipinski definition) is 1. The van der Waals surface area contributed by atoms with E-state index in [2.05, 4.69) is 12.2 Å². The fraction of sp³-hybridized carbons (Fsp3) is 0.231. The number of halogens is 1. The Morgan fingerprint density at radius 1 is 1.09 bits per heavy atom. The van der Waals surface area contributed by atoms with Gasteiger partial charge in [-0.3, -0.25) is 9.59 Å². The van der Waals surface area contributed by atoms with Gasteiger partial charge in [-0.2, -0.15) is 0 Å². The van der Waals surface area contributed by atoms with Crippen LogP contribution in [0.25, 0.3) is 0 Å². The van der Waals surface area contributed by atoms with Gasteiger partial charge in [0.2, 0.25) is 5.91 Å². The minimum atomic E-state index is -0.617. The van der Waals surface area contributed by atoms with Crippen LogP contribution in [0.5, 0.6) is 5.75 Å². The van der Waals surface area contributed by atoms with E-state index in [4.69, 9.17) is 4.74 Å². The summed E-state index contributed by atoms with van der Waals surface area (Å²) in [7, 11) is 0. The number of carbonyl (C=O) groups is 2. The third-order valence-electron chi connectivity index (χ3n) is 5.45. The second-order valence-electron chi connectivity index (χ2n) is 7.75. The van der Waals surface area contributed by atoms with E-state index in [-0.39, 0.29) is 18.4 Å². The summed E-state index contributed by atoms with van der Waals surface area (Å²) in [6.07, 6.45) is 1.99. The summed E-state index contributed by atoms with van der Waals surface area (Å²) < 4.78 is 19.9. The molecule has 1 N–H and O–H groups in total. The molecule has 1 aliphatic rings. The van der Waals surface area contributed by atoms with Crippen molar-refractivity contribution in [1.29, 1.82) is 0 Å². The molecule has 0 bridgehead atoms. The van der Waals surface area contributed by atoms with Crippen molar-refractivity contribution in [2.45, 2.75) is 25.8 Å². The molecule has 0 saturated heterocycles. The number of ether oxygens (including phenoxy) is 1. The molecule has 32 heavy (non-hydrogen) atoms. The van der Waals surface area contributed by atoms with Crippen LogP contribution in [0.4, 0.5) is 10.1 Å². The largest absolute Gasteiger partial charge is 0.494 e. The Bertz CT molecular complexity index is 1100. The quantitative estimate of drug-likeness (QED) is 0.546. The number of nitrogens with one attached hydrogen (secondary N) is 1. The number of rotatable bonds is 6. The Hall–Kier alpha value is -3.67. The minimum absolute atomic E-state index is 0.149. The van der Waals surface area contributed by atoms with Crippen molar-refractivity contribution in [3.8, 4) is 5.75 Å².